The van der Waals surface area contributed by atoms with Crippen LogP contribution in [0.5, 0.6) is 11.5 Å². The lowest BCUT2D eigenvalue weighted by Crippen LogP contribution is -2.35. The van der Waals surface area contributed by atoms with Crippen molar-refractivity contribution in [3.63, 3.8) is 0 Å². The lowest BCUT2D eigenvalue weighted by atomic mass is 10.2. The van der Waals surface area contributed by atoms with Gasteiger partial charge in [-0.1, -0.05) is 12.1 Å². The lowest BCUT2D eigenvalue weighted by molar-refractivity contribution is 0.0504. The van der Waals surface area contributed by atoms with Gasteiger partial charge in [-0.2, -0.15) is 4.57 Å². The first-order valence-electron chi connectivity index (χ1n) is 8.10. The van der Waals surface area contributed by atoms with E-state index in [4.69, 9.17) is 14.2 Å². The predicted octanol–water partition coefficient (Wildman–Crippen LogP) is 2.63. The van der Waals surface area contributed by atoms with Crippen molar-refractivity contribution in [1.29, 1.82) is 0 Å². The summed E-state index contributed by atoms with van der Waals surface area (Å²) in [5, 5.41) is 0.178. The van der Waals surface area contributed by atoms with Gasteiger partial charge in [0.2, 0.25) is 5.82 Å². The van der Waals surface area contributed by atoms with Gasteiger partial charge in [-0.3, -0.25) is 4.79 Å². The van der Waals surface area contributed by atoms with Gasteiger partial charge in [0.1, 0.15) is 11.5 Å². The summed E-state index contributed by atoms with van der Waals surface area (Å²) in [6.45, 7) is 1.67. The molecule has 0 saturated heterocycles. The number of ether oxygens (including phenoxy) is 3. The van der Waals surface area contributed by atoms with Crippen LogP contribution in [0.3, 0.4) is 0 Å². The van der Waals surface area contributed by atoms with Crippen LogP contribution in [0.2, 0.25) is 0 Å². The third kappa shape index (κ3) is 3.64. The van der Waals surface area contributed by atoms with Crippen LogP contribution < -0.4 is 15.0 Å². The number of aromatic nitrogens is 2. The molecule has 0 unspecified atom stereocenters. The maximum atomic E-state index is 12.8. The largest absolute Gasteiger partial charge is 0.497 e. The zero-order chi connectivity index (χ0) is 19.4. The lowest BCUT2D eigenvalue weighted by Gasteiger charge is -2.11. The van der Waals surface area contributed by atoms with Crippen molar-refractivity contribution in [2.45, 2.75) is 6.92 Å². The summed E-state index contributed by atoms with van der Waals surface area (Å²) in [5.41, 5.74) is -0.443. The van der Waals surface area contributed by atoms with Gasteiger partial charge < -0.3 is 14.2 Å². The van der Waals surface area contributed by atoms with E-state index in [2.05, 4.69) is 4.98 Å². The molecule has 3 rings (SSSR count). The molecule has 0 aliphatic rings. The van der Waals surface area contributed by atoms with E-state index < -0.39 is 23.4 Å². The first-order chi connectivity index (χ1) is 13.0. The van der Waals surface area contributed by atoms with Crippen LogP contribution in [0.25, 0.3) is 10.9 Å². The minimum Gasteiger partial charge on any atom is -0.497 e. The second-order valence-corrected chi connectivity index (χ2v) is 5.36. The second kappa shape index (κ2) is 7.69. The van der Waals surface area contributed by atoms with E-state index in [1.165, 1.54) is 25.3 Å². The van der Waals surface area contributed by atoms with Crippen molar-refractivity contribution in [3.05, 3.63) is 64.7 Å². The molecule has 0 aliphatic heterocycles. The van der Waals surface area contributed by atoms with Crippen LogP contribution in [0.15, 0.2) is 53.3 Å². The number of esters is 1. The first-order valence-corrected chi connectivity index (χ1v) is 8.10. The zero-order valence-electron chi connectivity index (χ0n) is 14.7. The van der Waals surface area contributed by atoms with E-state index in [0.717, 1.165) is 0 Å². The molecule has 0 aliphatic carbocycles. The zero-order valence-corrected chi connectivity index (χ0v) is 14.7. The van der Waals surface area contributed by atoms with Gasteiger partial charge in [-0.25, -0.2) is 14.6 Å². The number of methoxy groups -OCH3 is 1. The molecule has 0 N–H and O–H groups in total. The average molecular weight is 368 g/mol. The highest BCUT2D eigenvalue weighted by atomic mass is 16.6. The van der Waals surface area contributed by atoms with Crippen LogP contribution in [-0.2, 0) is 4.74 Å². The summed E-state index contributed by atoms with van der Waals surface area (Å²) >= 11 is 0. The number of fused-ring (bicyclic) bond motifs is 1. The van der Waals surface area contributed by atoms with Crippen LogP contribution in [0, 0.1) is 0 Å². The van der Waals surface area contributed by atoms with Crippen molar-refractivity contribution >= 4 is 23.0 Å². The summed E-state index contributed by atoms with van der Waals surface area (Å²) in [6, 6.07) is 12.6. The number of hydrogen-bond acceptors (Lipinski definition) is 7. The monoisotopic (exact) mass is 368 g/mol. The van der Waals surface area contributed by atoms with Crippen LogP contribution in [-0.4, -0.2) is 35.3 Å². The Labute approximate surface area is 153 Å². The Hall–Kier alpha value is -3.68. The van der Waals surface area contributed by atoms with Gasteiger partial charge in [0.25, 0.3) is 5.56 Å². The second-order valence-electron chi connectivity index (χ2n) is 5.36. The van der Waals surface area contributed by atoms with Gasteiger partial charge >= 0.3 is 12.1 Å². The highest BCUT2D eigenvalue weighted by Gasteiger charge is 2.24. The highest BCUT2D eigenvalue weighted by Crippen LogP contribution is 2.18. The Balaban J connectivity index is 2.08. The Kier molecular flexibility index (Phi) is 5.16. The van der Waals surface area contributed by atoms with E-state index in [1.807, 2.05) is 0 Å². The normalized spacial score (nSPS) is 10.4. The molecular formula is C19H16N2O6. The fourth-order valence-corrected chi connectivity index (χ4v) is 2.42. The fourth-order valence-electron chi connectivity index (χ4n) is 2.42. The van der Waals surface area contributed by atoms with E-state index >= 15 is 0 Å². The highest BCUT2D eigenvalue weighted by molar-refractivity contribution is 5.93. The minimum absolute atomic E-state index is 0.0645. The number of carbonyl (C=O) groups is 2. The van der Waals surface area contributed by atoms with E-state index in [9.17, 15) is 14.4 Å². The molecule has 1 aromatic heterocycles. The predicted molar refractivity (Wildman–Crippen MR) is 96.4 cm³/mol. The number of benzene rings is 2. The molecule has 8 heteroatoms. The minimum atomic E-state index is -1.06. The Morgan fingerprint density at radius 3 is 2.37 bits per heavy atom. The van der Waals surface area contributed by atoms with E-state index in [1.54, 1.807) is 37.3 Å². The molecule has 3 aromatic rings. The summed E-state index contributed by atoms with van der Waals surface area (Å²) < 4.78 is 15.7. The molecule has 27 heavy (non-hydrogen) atoms. The number of carbonyl (C=O) groups excluding carboxylic acids is 2. The number of nitrogens with zero attached hydrogens (tertiary/aromatic N) is 2. The van der Waals surface area contributed by atoms with Crippen LogP contribution in [0.1, 0.15) is 17.5 Å². The van der Waals surface area contributed by atoms with Crippen LogP contribution in [0.4, 0.5) is 4.79 Å². The average Bonchev–Trinajstić information content (AvgIpc) is 2.68. The van der Waals surface area contributed by atoms with E-state index in [0.29, 0.717) is 10.3 Å². The van der Waals surface area contributed by atoms with Crippen molar-refractivity contribution in [2.24, 2.45) is 0 Å². The third-order valence-electron chi connectivity index (χ3n) is 3.68. The Morgan fingerprint density at radius 1 is 1.04 bits per heavy atom. The molecule has 0 atom stereocenters. The third-order valence-corrected chi connectivity index (χ3v) is 3.68. The van der Waals surface area contributed by atoms with E-state index in [-0.39, 0.29) is 23.3 Å². The molecular weight excluding hydrogens is 352 g/mol. The number of para-hydroxylation sites is 1. The topological polar surface area (TPSA) is 96.7 Å². The van der Waals surface area contributed by atoms with Crippen molar-refractivity contribution < 1.29 is 23.8 Å². The molecule has 8 nitrogen and oxygen atoms in total. The molecule has 0 radical (unpaired) electrons. The number of hydrogen-bond donors (Lipinski definition) is 0. The SMILES string of the molecule is CCOC(=O)c1nc2ccccc2c(=O)n1C(=O)Oc1ccc(OC)cc1. The van der Waals surface area contributed by atoms with Crippen molar-refractivity contribution in [3.8, 4) is 11.5 Å². The maximum absolute atomic E-state index is 12.8. The Morgan fingerprint density at radius 2 is 1.70 bits per heavy atom. The fraction of sp³-hybridized carbons (Fsp3) is 0.158. The molecule has 0 bridgehead atoms. The Bertz CT molecular complexity index is 1060. The standard InChI is InChI=1S/C19H16N2O6/c1-3-26-18(23)16-20-15-7-5-4-6-14(15)17(22)21(16)19(24)27-13-10-8-12(25-2)9-11-13/h4-11H,3H2,1-2H3. The summed E-state index contributed by atoms with van der Waals surface area (Å²) in [6.07, 6.45) is -1.06. The summed E-state index contributed by atoms with van der Waals surface area (Å²) in [4.78, 5) is 41.8. The molecule has 138 valence electrons. The van der Waals surface area contributed by atoms with Crippen LogP contribution >= 0.6 is 0 Å². The summed E-state index contributed by atoms with van der Waals surface area (Å²) in [7, 11) is 1.51. The molecule has 0 spiro atoms. The quantitative estimate of drug-likeness (QED) is 0.653. The van der Waals surface area contributed by atoms with Crippen molar-refractivity contribution in [2.75, 3.05) is 13.7 Å². The summed E-state index contributed by atoms with van der Waals surface area (Å²) in [5.74, 6) is -0.590. The molecule has 2 aromatic carbocycles. The molecule has 1 heterocycles. The number of rotatable bonds is 4. The van der Waals surface area contributed by atoms with Gasteiger partial charge in [0.05, 0.1) is 24.6 Å². The smallest absolute Gasteiger partial charge is 0.428 e. The molecule has 0 saturated carbocycles. The van der Waals surface area contributed by atoms with Gasteiger partial charge in [-0.15, -0.1) is 0 Å². The van der Waals surface area contributed by atoms with Gasteiger partial charge in [0, 0.05) is 0 Å². The molecule has 0 amide bonds. The van der Waals surface area contributed by atoms with Gasteiger partial charge in [-0.05, 0) is 43.3 Å². The first kappa shape index (κ1) is 18.1. The van der Waals surface area contributed by atoms with Crippen molar-refractivity contribution in [1.82, 2.24) is 9.55 Å². The molecule has 0 fully saturated rings. The van der Waals surface area contributed by atoms with Gasteiger partial charge in [0.15, 0.2) is 0 Å². The maximum Gasteiger partial charge on any atom is 0.428 e.